The number of hydrogen-bond donors (Lipinski definition) is 1. The van der Waals surface area contributed by atoms with Gasteiger partial charge in [-0.3, -0.25) is 4.79 Å². The molecule has 2 atom stereocenters. The van der Waals surface area contributed by atoms with Gasteiger partial charge >= 0.3 is 0 Å². The summed E-state index contributed by atoms with van der Waals surface area (Å²) in [5.74, 6) is 0.807. The van der Waals surface area contributed by atoms with E-state index in [1.54, 1.807) is 6.08 Å². The molecule has 21 heavy (non-hydrogen) atoms. The highest BCUT2D eigenvalue weighted by Crippen LogP contribution is 2.22. The standard InChI is InChI=1S/C17H24N2O2/c1-3-12-21-15-9-7-14(8-10-15)17(20)19-11-5-4-6-16(19)13(2)18/h3,7-10,13,16H,1,4-6,11-12,18H2,2H3. The fraction of sp³-hybridized carbons (Fsp3) is 0.471. The van der Waals surface area contributed by atoms with Crippen molar-refractivity contribution in [1.82, 2.24) is 4.90 Å². The van der Waals surface area contributed by atoms with E-state index in [0.29, 0.717) is 12.2 Å². The van der Waals surface area contributed by atoms with Crippen molar-refractivity contribution in [2.45, 2.75) is 38.3 Å². The van der Waals surface area contributed by atoms with Gasteiger partial charge in [0.15, 0.2) is 0 Å². The molecule has 1 saturated heterocycles. The molecule has 2 N–H and O–H groups in total. The zero-order valence-corrected chi connectivity index (χ0v) is 12.6. The Balaban J connectivity index is 2.09. The van der Waals surface area contributed by atoms with Crippen LogP contribution in [0.15, 0.2) is 36.9 Å². The van der Waals surface area contributed by atoms with E-state index in [2.05, 4.69) is 6.58 Å². The van der Waals surface area contributed by atoms with Crippen LogP contribution in [-0.2, 0) is 0 Å². The minimum Gasteiger partial charge on any atom is -0.490 e. The number of ether oxygens (including phenoxy) is 1. The van der Waals surface area contributed by atoms with E-state index in [4.69, 9.17) is 10.5 Å². The maximum atomic E-state index is 12.7. The molecule has 0 saturated carbocycles. The van der Waals surface area contributed by atoms with Crippen molar-refractivity contribution in [3.63, 3.8) is 0 Å². The van der Waals surface area contributed by atoms with E-state index in [1.807, 2.05) is 36.1 Å². The third-order valence-electron chi connectivity index (χ3n) is 3.89. The third-order valence-corrected chi connectivity index (χ3v) is 3.89. The van der Waals surface area contributed by atoms with Gasteiger partial charge in [-0.05, 0) is 50.5 Å². The Bertz CT molecular complexity index is 482. The molecule has 0 radical (unpaired) electrons. The molecular formula is C17H24N2O2. The molecule has 1 aromatic rings. The first-order valence-corrected chi connectivity index (χ1v) is 7.54. The van der Waals surface area contributed by atoms with E-state index in [0.717, 1.165) is 31.6 Å². The van der Waals surface area contributed by atoms with Crippen LogP contribution in [0.4, 0.5) is 0 Å². The summed E-state index contributed by atoms with van der Waals surface area (Å²) >= 11 is 0. The van der Waals surface area contributed by atoms with Gasteiger partial charge in [-0.15, -0.1) is 0 Å². The van der Waals surface area contributed by atoms with Crippen molar-refractivity contribution in [2.24, 2.45) is 5.73 Å². The number of piperidine rings is 1. The molecule has 1 aromatic carbocycles. The first-order chi connectivity index (χ1) is 10.1. The van der Waals surface area contributed by atoms with Gasteiger partial charge in [0.1, 0.15) is 12.4 Å². The van der Waals surface area contributed by atoms with E-state index in [1.165, 1.54) is 0 Å². The number of amides is 1. The minimum atomic E-state index is 0.00412. The fourth-order valence-corrected chi connectivity index (χ4v) is 2.77. The topological polar surface area (TPSA) is 55.6 Å². The van der Waals surface area contributed by atoms with Gasteiger partial charge in [0, 0.05) is 24.2 Å². The Kier molecular flexibility index (Phi) is 5.39. The van der Waals surface area contributed by atoms with E-state index < -0.39 is 0 Å². The minimum absolute atomic E-state index is 0.00412. The van der Waals surface area contributed by atoms with Gasteiger partial charge in [0.25, 0.3) is 5.91 Å². The largest absolute Gasteiger partial charge is 0.490 e. The highest BCUT2D eigenvalue weighted by atomic mass is 16.5. The Morgan fingerprint density at radius 1 is 1.48 bits per heavy atom. The molecule has 4 nitrogen and oxygen atoms in total. The van der Waals surface area contributed by atoms with Crippen LogP contribution in [0.3, 0.4) is 0 Å². The second kappa shape index (κ2) is 7.27. The summed E-state index contributed by atoms with van der Waals surface area (Å²) in [7, 11) is 0. The number of nitrogens with two attached hydrogens (primary N) is 1. The number of carbonyl (C=O) groups excluding carboxylic acids is 1. The molecule has 1 amide bonds. The van der Waals surface area contributed by atoms with Crippen LogP contribution in [0.2, 0.25) is 0 Å². The van der Waals surface area contributed by atoms with Crippen LogP contribution >= 0.6 is 0 Å². The first-order valence-electron chi connectivity index (χ1n) is 7.54. The molecule has 1 aliphatic heterocycles. The normalized spacial score (nSPS) is 19.9. The Labute approximate surface area is 126 Å². The Morgan fingerprint density at radius 3 is 2.81 bits per heavy atom. The number of carbonyl (C=O) groups is 1. The summed E-state index contributed by atoms with van der Waals surface area (Å²) in [5.41, 5.74) is 6.72. The SMILES string of the molecule is C=CCOc1ccc(C(=O)N2CCCCC2C(C)N)cc1. The monoisotopic (exact) mass is 288 g/mol. The summed E-state index contributed by atoms with van der Waals surface area (Å²) in [6, 6.07) is 7.41. The van der Waals surface area contributed by atoms with Gasteiger partial charge in [-0.1, -0.05) is 12.7 Å². The summed E-state index contributed by atoms with van der Waals surface area (Å²) in [6.45, 7) is 6.84. The van der Waals surface area contributed by atoms with Gasteiger partial charge in [0.2, 0.25) is 0 Å². The molecule has 0 aliphatic carbocycles. The predicted molar refractivity (Wildman–Crippen MR) is 84.5 cm³/mol. The third kappa shape index (κ3) is 3.85. The van der Waals surface area contributed by atoms with Crippen LogP contribution < -0.4 is 10.5 Å². The molecule has 0 aromatic heterocycles. The van der Waals surface area contributed by atoms with Crippen LogP contribution in [-0.4, -0.2) is 36.0 Å². The highest BCUT2D eigenvalue weighted by molar-refractivity contribution is 5.94. The molecule has 1 fully saturated rings. The molecule has 0 bridgehead atoms. The molecule has 4 heteroatoms. The molecule has 0 spiro atoms. The van der Waals surface area contributed by atoms with Crippen molar-refractivity contribution < 1.29 is 9.53 Å². The average molecular weight is 288 g/mol. The lowest BCUT2D eigenvalue weighted by Crippen LogP contribution is -2.51. The Hall–Kier alpha value is -1.81. The summed E-state index contributed by atoms with van der Waals surface area (Å²) in [4.78, 5) is 14.6. The maximum Gasteiger partial charge on any atom is 0.254 e. The van der Waals surface area contributed by atoms with Crippen molar-refractivity contribution in [3.8, 4) is 5.75 Å². The van der Waals surface area contributed by atoms with Crippen molar-refractivity contribution >= 4 is 5.91 Å². The smallest absolute Gasteiger partial charge is 0.254 e. The second-order valence-electron chi connectivity index (χ2n) is 5.54. The quantitative estimate of drug-likeness (QED) is 0.847. The molecule has 1 heterocycles. The highest BCUT2D eigenvalue weighted by Gasteiger charge is 2.29. The molecule has 2 unspecified atom stereocenters. The number of nitrogens with zero attached hydrogens (tertiary/aromatic N) is 1. The van der Waals surface area contributed by atoms with E-state index in [9.17, 15) is 4.79 Å². The average Bonchev–Trinajstić information content (AvgIpc) is 2.52. The predicted octanol–water partition coefficient (Wildman–Crippen LogP) is 2.59. The molecule has 114 valence electrons. The van der Waals surface area contributed by atoms with E-state index in [-0.39, 0.29) is 18.0 Å². The zero-order chi connectivity index (χ0) is 15.2. The molecular weight excluding hydrogens is 264 g/mol. The summed E-state index contributed by atoms with van der Waals surface area (Å²) in [5, 5.41) is 0. The molecule has 2 rings (SSSR count). The maximum absolute atomic E-state index is 12.7. The summed E-state index contributed by atoms with van der Waals surface area (Å²) in [6.07, 6.45) is 4.88. The summed E-state index contributed by atoms with van der Waals surface area (Å²) < 4.78 is 5.43. The first kappa shape index (κ1) is 15.6. The number of benzene rings is 1. The number of hydrogen-bond acceptors (Lipinski definition) is 3. The van der Waals surface area contributed by atoms with Gasteiger partial charge < -0.3 is 15.4 Å². The van der Waals surface area contributed by atoms with Crippen LogP contribution in [0, 0.1) is 0 Å². The second-order valence-corrected chi connectivity index (χ2v) is 5.54. The van der Waals surface area contributed by atoms with Gasteiger partial charge in [-0.25, -0.2) is 0 Å². The fourth-order valence-electron chi connectivity index (χ4n) is 2.77. The van der Waals surface area contributed by atoms with Crippen LogP contribution in [0.25, 0.3) is 0 Å². The lowest BCUT2D eigenvalue weighted by atomic mass is 9.96. The zero-order valence-electron chi connectivity index (χ0n) is 12.6. The van der Waals surface area contributed by atoms with Crippen LogP contribution in [0.1, 0.15) is 36.5 Å². The van der Waals surface area contributed by atoms with Crippen molar-refractivity contribution in [3.05, 3.63) is 42.5 Å². The van der Waals surface area contributed by atoms with E-state index >= 15 is 0 Å². The number of likely N-dealkylation sites (tertiary alicyclic amines) is 1. The van der Waals surface area contributed by atoms with Crippen LogP contribution in [0.5, 0.6) is 5.75 Å². The molecule has 1 aliphatic rings. The van der Waals surface area contributed by atoms with Crippen molar-refractivity contribution in [1.29, 1.82) is 0 Å². The van der Waals surface area contributed by atoms with Gasteiger partial charge in [-0.2, -0.15) is 0 Å². The lowest BCUT2D eigenvalue weighted by molar-refractivity contribution is 0.0584. The Morgan fingerprint density at radius 2 is 2.19 bits per heavy atom. The van der Waals surface area contributed by atoms with Gasteiger partial charge in [0.05, 0.1) is 0 Å². The lowest BCUT2D eigenvalue weighted by Gasteiger charge is -2.38. The van der Waals surface area contributed by atoms with Crippen molar-refractivity contribution in [2.75, 3.05) is 13.2 Å². The number of rotatable bonds is 5.